The van der Waals surface area contributed by atoms with Crippen molar-refractivity contribution in [1.29, 1.82) is 0 Å². The number of likely N-dealkylation sites (tertiary alicyclic amines) is 2. The van der Waals surface area contributed by atoms with Gasteiger partial charge in [-0.2, -0.15) is 0 Å². The van der Waals surface area contributed by atoms with Gasteiger partial charge in [0.2, 0.25) is 5.91 Å². The molecular weight excluding hydrogens is 433 g/mol. The van der Waals surface area contributed by atoms with E-state index in [1.165, 1.54) is 37.5 Å². The monoisotopic (exact) mass is 468 g/mol. The molecule has 1 N–H and O–H groups in total. The Bertz CT molecular complexity index is 819. The lowest BCUT2D eigenvalue weighted by Crippen LogP contribution is -2.51. The Kier molecular flexibility index (Phi) is 7.24. The van der Waals surface area contributed by atoms with Crippen molar-refractivity contribution in [2.45, 2.75) is 82.2 Å². The smallest absolute Gasteiger partial charge is 0.406 e. The average Bonchev–Trinajstić information content (AvgIpc) is 3.12. The van der Waals surface area contributed by atoms with Gasteiger partial charge in [-0.05, 0) is 81.6 Å². The number of benzene rings is 1. The molecule has 3 fully saturated rings. The van der Waals surface area contributed by atoms with Crippen molar-refractivity contribution in [3.8, 4) is 5.75 Å². The SMILES string of the molecule is CC1CCC(O)(C(C(=O)N2CCC(N3CCCCC3)CC2)c2cccc(OC(F)(F)F)c2)C1. The molecule has 33 heavy (non-hydrogen) atoms. The van der Waals surface area contributed by atoms with Crippen LogP contribution in [-0.2, 0) is 4.79 Å². The van der Waals surface area contributed by atoms with E-state index in [9.17, 15) is 23.1 Å². The van der Waals surface area contributed by atoms with E-state index in [1.54, 1.807) is 6.07 Å². The van der Waals surface area contributed by atoms with Crippen LogP contribution >= 0.6 is 0 Å². The molecule has 0 aromatic heterocycles. The number of piperidine rings is 2. The number of carbonyl (C=O) groups excluding carboxylic acids is 1. The van der Waals surface area contributed by atoms with E-state index >= 15 is 0 Å². The Morgan fingerprint density at radius 1 is 1.12 bits per heavy atom. The van der Waals surface area contributed by atoms with Gasteiger partial charge in [-0.1, -0.05) is 25.5 Å². The average molecular weight is 469 g/mol. The molecule has 2 saturated heterocycles. The van der Waals surface area contributed by atoms with Gasteiger partial charge in [-0.15, -0.1) is 13.2 Å². The van der Waals surface area contributed by atoms with Crippen molar-refractivity contribution >= 4 is 5.91 Å². The lowest BCUT2D eigenvalue weighted by atomic mass is 9.78. The summed E-state index contributed by atoms with van der Waals surface area (Å²) in [5.41, 5.74) is -0.881. The third kappa shape index (κ3) is 5.83. The maximum atomic E-state index is 13.8. The van der Waals surface area contributed by atoms with Crippen molar-refractivity contribution in [3.63, 3.8) is 0 Å². The summed E-state index contributed by atoms with van der Waals surface area (Å²) >= 11 is 0. The van der Waals surface area contributed by atoms with Gasteiger partial charge in [-0.3, -0.25) is 4.79 Å². The number of nitrogens with zero attached hydrogens (tertiary/aromatic N) is 2. The van der Waals surface area contributed by atoms with Crippen LogP contribution in [0.15, 0.2) is 24.3 Å². The third-order valence-electron chi connectivity index (χ3n) is 7.66. The second-order valence-corrected chi connectivity index (χ2v) is 10.2. The number of carbonyl (C=O) groups is 1. The van der Waals surface area contributed by atoms with E-state index in [-0.39, 0.29) is 17.6 Å². The molecule has 2 aliphatic heterocycles. The number of alkyl halides is 3. The fourth-order valence-corrected chi connectivity index (χ4v) is 6.06. The molecular formula is C25H35F3N2O3. The zero-order chi connectivity index (χ0) is 23.6. The summed E-state index contributed by atoms with van der Waals surface area (Å²) < 4.78 is 42.5. The molecule has 8 heteroatoms. The predicted octanol–water partition coefficient (Wildman–Crippen LogP) is 4.70. The van der Waals surface area contributed by atoms with Crippen LogP contribution in [0.1, 0.15) is 69.8 Å². The van der Waals surface area contributed by atoms with Crippen molar-refractivity contribution in [3.05, 3.63) is 29.8 Å². The highest BCUT2D eigenvalue weighted by Crippen LogP contribution is 2.45. The van der Waals surface area contributed by atoms with E-state index in [0.29, 0.717) is 37.5 Å². The molecule has 0 spiro atoms. The molecule has 1 amide bonds. The normalized spacial score (nSPS) is 28.6. The molecule has 1 aromatic carbocycles. The van der Waals surface area contributed by atoms with Crippen LogP contribution in [0.3, 0.4) is 0 Å². The van der Waals surface area contributed by atoms with Crippen LogP contribution in [0, 0.1) is 5.92 Å². The Labute approximate surface area is 193 Å². The zero-order valence-electron chi connectivity index (χ0n) is 19.3. The maximum absolute atomic E-state index is 13.8. The van der Waals surface area contributed by atoms with Crippen molar-refractivity contribution < 1.29 is 27.8 Å². The second-order valence-electron chi connectivity index (χ2n) is 10.2. The van der Waals surface area contributed by atoms with Gasteiger partial charge < -0.3 is 19.6 Å². The summed E-state index contributed by atoms with van der Waals surface area (Å²) in [6, 6.07) is 6.06. The fourth-order valence-electron chi connectivity index (χ4n) is 6.06. The number of aliphatic hydroxyl groups is 1. The topological polar surface area (TPSA) is 53.0 Å². The first kappa shape index (κ1) is 24.3. The molecule has 2 heterocycles. The highest BCUT2D eigenvalue weighted by Gasteiger charge is 2.48. The van der Waals surface area contributed by atoms with Gasteiger partial charge in [0.25, 0.3) is 0 Å². The van der Waals surface area contributed by atoms with Gasteiger partial charge in [0.15, 0.2) is 0 Å². The van der Waals surface area contributed by atoms with Gasteiger partial charge in [0.05, 0.1) is 11.5 Å². The molecule has 3 atom stereocenters. The lowest BCUT2D eigenvalue weighted by molar-refractivity contribution is -0.274. The highest BCUT2D eigenvalue weighted by atomic mass is 19.4. The first-order valence-corrected chi connectivity index (χ1v) is 12.3. The number of hydrogen-bond acceptors (Lipinski definition) is 4. The summed E-state index contributed by atoms with van der Waals surface area (Å²) in [7, 11) is 0. The first-order chi connectivity index (χ1) is 15.6. The van der Waals surface area contributed by atoms with E-state index < -0.39 is 17.9 Å². The zero-order valence-corrected chi connectivity index (χ0v) is 19.3. The first-order valence-electron chi connectivity index (χ1n) is 12.3. The van der Waals surface area contributed by atoms with Gasteiger partial charge in [-0.25, -0.2) is 0 Å². The second kappa shape index (κ2) is 9.82. The van der Waals surface area contributed by atoms with Crippen LogP contribution in [0.5, 0.6) is 5.75 Å². The van der Waals surface area contributed by atoms with Crippen molar-refractivity contribution in [1.82, 2.24) is 9.80 Å². The number of rotatable bonds is 5. The fraction of sp³-hybridized carbons (Fsp3) is 0.720. The summed E-state index contributed by atoms with van der Waals surface area (Å²) in [6.07, 6.45) is 2.41. The maximum Gasteiger partial charge on any atom is 0.573 e. The molecule has 0 bridgehead atoms. The third-order valence-corrected chi connectivity index (χ3v) is 7.66. The molecule has 3 aliphatic rings. The Morgan fingerprint density at radius 2 is 1.82 bits per heavy atom. The van der Waals surface area contributed by atoms with Crippen LogP contribution in [-0.4, -0.2) is 65.0 Å². The van der Waals surface area contributed by atoms with E-state index in [0.717, 1.165) is 32.4 Å². The molecule has 184 valence electrons. The van der Waals surface area contributed by atoms with Crippen LogP contribution in [0.4, 0.5) is 13.2 Å². The molecule has 5 nitrogen and oxygen atoms in total. The van der Waals surface area contributed by atoms with Gasteiger partial charge in [0, 0.05) is 19.1 Å². The van der Waals surface area contributed by atoms with E-state index in [4.69, 9.17) is 0 Å². The Balaban J connectivity index is 1.53. The number of halogens is 3. The minimum atomic E-state index is -4.81. The Hall–Kier alpha value is -1.80. The van der Waals surface area contributed by atoms with Crippen LogP contribution < -0.4 is 4.74 Å². The summed E-state index contributed by atoms with van der Waals surface area (Å²) in [5.74, 6) is -1.19. The molecule has 0 radical (unpaired) electrons. The van der Waals surface area contributed by atoms with E-state index in [2.05, 4.69) is 9.64 Å². The van der Waals surface area contributed by atoms with Gasteiger partial charge in [0.1, 0.15) is 5.75 Å². The number of ether oxygens (including phenoxy) is 1. The lowest BCUT2D eigenvalue weighted by Gasteiger charge is -2.42. The molecule has 1 saturated carbocycles. The van der Waals surface area contributed by atoms with Crippen molar-refractivity contribution in [2.75, 3.05) is 26.2 Å². The molecule has 1 aliphatic carbocycles. The summed E-state index contributed by atoms with van der Waals surface area (Å²) in [6.45, 7) is 5.49. The summed E-state index contributed by atoms with van der Waals surface area (Å²) in [5, 5.41) is 11.5. The number of hydrogen-bond donors (Lipinski definition) is 1. The van der Waals surface area contributed by atoms with E-state index in [1.807, 2.05) is 11.8 Å². The molecule has 4 rings (SSSR count). The Morgan fingerprint density at radius 3 is 2.42 bits per heavy atom. The van der Waals surface area contributed by atoms with Crippen LogP contribution in [0.25, 0.3) is 0 Å². The minimum Gasteiger partial charge on any atom is -0.406 e. The minimum absolute atomic E-state index is 0.187. The highest BCUT2D eigenvalue weighted by molar-refractivity contribution is 5.85. The quantitative estimate of drug-likeness (QED) is 0.681. The van der Waals surface area contributed by atoms with Crippen molar-refractivity contribution in [2.24, 2.45) is 5.92 Å². The molecule has 1 aromatic rings. The standard InChI is InChI=1S/C25H35F3N2O3/c1-18-8-11-24(32,17-18)22(19-6-5-7-21(16-19)33-25(26,27)28)23(31)30-14-9-20(10-15-30)29-12-3-2-4-13-29/h5-7,16,18,20,22,32H,2-4,8-15,17H2,1H3. The predicted molar refractivity (Wildman–Crippen MR) is 119 cm³/mol. The summed E-state index contributed by atoms with van der Waals surface area (Å²) in [4.78, 5) is 18.1. The largest absolute Gasteiger partial charge is 0.573 e. The number of amides is 1. The van der Waals surface area contributed by atoms with Gasteiger partial charge >= 0.3 is 6.36 Å². The molecule has 3 unspecified atom stereocenters. The van der Waals surface area contributed by atoms with Crippen LogP contribution in [0.2, 0.25) is 0 Å².